The van der Waals surface area contributed by atoms with Crippen molar-refractivity contribution in [3.05, 3.63) is 22.8 Å². The average molecular weight is 513 g/mol. The minimum absolute atomic E-state index is 0.167. The van der Waals surface area contributed by atoms with Crippen LogP contribution in [0.25, 0.3) is 21.6 Å². The van der Waals surface area contributed by atoms with Crippen LogP contribution in [0.3, 0.4) is 0 Å². The molecule has 3 aromatic rings. The number of aryl methyl sites for hydroxylation is 1. The smallest absolute Gasteiger partial charge is 0.251 e. The van der Waals surface area contributed by atoms with E-state index in [0.717, 1.165) is 59.9 Å². The predicted octanol–water partition coefficient (Wildman–Crippen LogP) is 1.29. The van der Waals surface area contributed by atoms with E-state index in [-0.39, 0.29) is 11.9 Å². The summed E-state index contributed by atoms with van der Waals surface area (Å²) in [5.74, 6) is 1.55. The molecule has 0 radical (unpaired) electrons. The number of morpholine rings is 1. The second kappa shape index (κ2) is 10.6. The number of piperazine rings is 1. The van der Waals surface area contributed by atoms with Gasteiger partial charge in [0.05, 0.1) is 29.0 Å². The number of rotatable bonds is 6. The van der Waals surface area contributed by atoms with Crippen molar-refractivity contribution in [2.45, 2.75) is 32.9 Å². The number of hydrogen-bond acceptors (Lipinski definition) is 11. The van der Waals surface area contributed by atoms with Gasteiger partial charge in [-0.15, -0.1) is 11.3 Å². The molecule has 5 heterocycles. The maximum atomic E-state index is 12.3. The fraction of sp³-hybridized carbons (Fsp3) is 0.542. The number of thiophene rings is 1. The number of nitrogen functional groups attached to an aromatic ring is 1. The van der Waals surface area contributed by atoms with Gasteiger partial charge < -0.3 is 25.4 Å². The highest BCUT2D eigenvalue weighted by atomic mass is 32.1. The van der Waals surface area contributed by atoms with Crippen LogP contribution in [0.2, 0.25) is 0 Å². The molecule has 0 bridgehead atoms. The predicted molar refractivity (Wildman–Crippen MR) is 139 cm³/mol. The molecule has 0 aromatic carbocycles. The van der Waals surface area contributed by atoms with Gasteiger partial charge in [-0.2, -0.15) is 0 Å². The quantitative estimate of drug-likeness (QED) is 0.498. The summed E-state index contributed by atoms with van der Waals surface area (Å²) >= 11 is 1.74. The van der Waals surface area contributed by atoms with E-state index >= 15 is 0 Å². The Morgan fingerprint density at radius 3 is 2.50 bits per heavy atom. The number of carbonyl (C=O) groups is 1. The molecule has 0 saturated carbocycles. The Hall–Kier alpha value is -2.93. The normalized spacial score (nSPS) is 18.1. The van der Waals surface area contributed by atoms with E-state index in [0.29, 0.717) is 38.5 Å². The molecule has 3 aromatic heterocycles. The Balaban J connectivity index is 1.43. The molecule has 192 valence electrons. The van der Waals surface area contributed by atoms with Gasteiger partial charge in [0.1, 0.15) is 6.10 Å². The number of anilines is 2. The van der Waals surface area contributed by atoms with Crippen molar-refractivity contribution < 1.29 is 14.6 Å². The Bertz CT molecular complexity index is 1220. The number of aliphatic hydroxyl groups is 1. The maximum Gasteiger partial charge on any atom is 0.251 e. The standard InChI is InChI=1S/C24H32N8O3S/c1-3-17(33)23(34)32-6-4-30(5-7-32)14-18-15(2)19-20(36-18)22(31-8-10-35-11-9-31)29-21(28-19)16-12-26-24(25)27-13-16/h12-13,17,33H,3-11,14H2,1-2H3,(H2,25,26,27). The van der Waals surface area contributed by atoms with Crippen molar-refractivity contribution in [3.8, 4) is 11.4 Å². The highest BCUT2D eigenvalue weighted by Crippen LogP contribution is 2.38. The highest BCUT2D eigenvalue weighted by Gasteiger charge is 2.27. The van der Waals surface area contributed by atoms with Crippen LogP contribution >= 0.6 is 11.3 Å². The number of hydrogen-bond donors (Lipinski definition) is 2. The zero-order valence-electron chi connectivity index (χ0n) is 20.7. The van der Waals surface area contributed by atoms with Crippen LogP contribution in [0, 0.1) is 6.92 Å². The molecule has 3 N–H and O–H groups in total. The van der Waals surface area contributed by atoms with E-state index in [4.69, 9.17) is 20.4 Å². The zero-order chi connectivity index (χ0) is 25.2. The van der Waals surface area contributed by atoms with Gasteiger partial charge >= 0.3 is 0 Å². The minimum atomic E-state index is -0.903. The lowest BCUT2D eigenvalue weighted by Crippen LogP contribution is -2.51. The molecule has 12 heteroatoms. The Labute approximate surface area is 213 Å². The minimum Gasteiger partial charge on any atom is -0.383 e. The summed E-state index contributed by atoms with van der Waals surface area (Å²) in [7, 11) is 0. The van der Waals surface area contributed by atoms with E-state index in [1.165, 1.54) is 4.88 Å². The van der Waals surface area contributed by atoms with Gasteiger partial charge in [-0.25, -0.2) is 19.9 Å². The summed E-state index contributed by atoms with van der Waals surface area (Å²) in [6, 6.07) is 0. The number of ether oxygens (including phenoxy) is 1. The summed E-state index contributed by atoms with van der Waals surface area (Å²) in [5.41, 5.74) is 8.49. The van der Waals surface area contributed by atoms with Crippen molar-refractivity contribution in [2.75, 3.05) is 63.1 Å². The first-order valence-electron chi connectivity index (χ1n) is 12.3. The van der Waals surface area contributed by atoms with Gasteiger partial charge in [-0.3, -0.25) is 9.69 Å². The van der Waals surface area contributed by atoms with E-state index in [2.05, 4.69) is 26.7 Å². The molecule has 36 heavy (non-hydrogen) atoms. The van der Waals surface area contributed by atoms with Gasteiger partial charge in [0.25, 0.3) is 5.91 Å². The van der Waals surface area contributed by atoms with Crippen molar-refractivity contribution in [1.29, 1.82) is 0 Å². The van der Waals surface area contributed by atoms with Gasteiger partial charge in [0.15, 0.2) is 11.6 Å². The third-order valence-corrected chi connectivity index (χ3v) is 8.07. The lowest BCUT2D eigenvalue weighted by molar-refractivity contribution is -0.142. The van der Waals surface area contributed by atoms with Crippen molar-refractivity contribution in [1.82, 2.24) is 29.7 Å². The summed E-state index contributed by atoms with van der Waals surface area (Å²) in [6.45, 7) is 10.4. The first kappa shape index (κ1) is 24.8. The van der Waals surface area contributed by atoms with E-state index < -0.39 is 6.10 Å². The number of nitrogens with two attached hydrogens (primary N) is 1. The van der Waals surface area contributed by atoms with Crippen LogP contribution in [0.5, 0.6) is 0 Å². The molecular formula is C24H32N8O3S. The molecule has 2 saturated heterocycles. The molecule has 1 unspecified atom stereocenters. The van der Waals surface area contributed by atoms with Gasteiger partial charge in [0.2, 0.25) is 5.95 Å². The number of amides is 1. The maximum absolute atomic E-state index is 12.3. The fourth-order valence-electron chi connectivity index (χ4n) is 4.56. The van der Waals surface area contributed by atoms with Crippen molar-refractivity contribution >= 4 is 39.2 Å². The number of nitrogens with zero attached hydrogens (tertiary/aromatic N) is 7. The number of aromatic nitrogens is 4. The first-order chi connectivity index (χ1) is 17.4. The third-order valence-electron chi connectivity index (χ3n) is 6.81. The number of fused-ring (bicyclic) bond motifs is 1. The molecule has 0 spiro atoms. The van der Waals surface area contributed by atoms with Crippen LogP contribution in [-0.4, -0.2) is 99.3 Å². The summed E-state index contributed by atoms with van der Waals surface area (Å²) < 4.78 is 6.65. The molecular weight excluding hydrogens is 480 g/mol. The van der Waals surface area contributed by atoms with E-state index in [1.807, 2.05) is 6.92 Å². The first-order valence-corrected chi connectivity index (χ1v) is 13.2. The summed E-state index contributed by atoms with van der Waals surface area (Å²) in [6.07, 6.45) is 2.85. The topological polar surface area (TPSA) is 134 Å². The molecule has 5 rings (SSSR count). The van der Waals surface area contributed by atoms with Crippen molar-refractivity contribution in [3.63, 3.8) is 0 Å². The molecule has 2 aliphatic heterocycles. The molecule has 0 aliphatic carbocycles. The van der Waals surface area contributed by atoms with Crippen molar-refractivity contribution in [2.24, 2.45) is 0 Å². The lowest BCUT2D eigenvalue weighted by atomic mass is 10.2. The number of aliphatic hydroxyl groups excluding tert-OH is 1. The van der Waals surface area contributed by atoms with Crippen LogP contribution in [0.1, 0.15) is 23.8 Å². The molecule has 11 nitrogen and oxygen atoms in total. The van der Waals surface area contributed by atoms with E-state index in [9.17, 15) is 9.90 Å². The number of carbonyl (C=O) groups excluding carboxylic acids is 1. The fourth-order valence-corrected chi connectivity index (χ4v) is 5.86. The Kier molecular flexibility index (Phi) is 7.28. The highest BCUT2D eigenvalue weighted by molar-refractivity contribution is 7.19. The molecule has 1 atom stereocenters. The van der Waals surface area contributed by atoms with Gasteiger partial charge in [-0.1, -0.05) is 6.92 Å². The van der Waals surface area contributed by atoms with Crippen LogP contribution < -0.4 is 10.6 Å². The largest absolute Gasteiger partial charge is 0.383 e. The van der Waals surface area contributed by atoms with Gasteiger partial charge in [-0.05, 0) is 18.9 Å². The second-order valence-corrected chi connectivity index (χ2v) is 10.3. The van der Waals surface area contributed by atoms with E-state index in [1.54, 1.807) is 28.6 Å². The molecule has 1 amide bonds. The summed E-state index contributed by atoms with van der Waals surface area (Å²) in [4.78, 5) is 38.1. The van der Waals surface area contributed by atoms with Gasteiger partial charge in [0, 0.05) is 63.1 Å². The van der Waals surface area contributed by atoms with Crippen LogP contribution in [0.4, 0.5) is 11.8 Å². The Morgan fingerprint density at radius 1 is 1.14 bits per heavy atom. The molecule has 2 aliphatic rings. The monoisotopic (exact) mass is 512 g/mol. The second-order valence-electron chi connectivity index (χ2n) is 9.15. The zero-order valence-corrected chi connectivity index (χ0v) is 21.5. The van der Waals surface area contributed by atoms with Crippen LogP contribution in [-0.2, 0) is 16.1 Å². The third kappa shape index (κ3) is 4.99. The Morgan fingerprint density at radius 2 is 1.83 bits per heavy atom. The molecule has 2 fully saturated rings. The SMILES string of the molecule is CCC(O)C(=O)N1CCN(Cc2sc3c(N4CCOCC4)nc(-c4cnc(N)nc4)nc3c2C)CC1. The summed E-state index contributed by atoms with van der Waals surface area (Å²) in [5, 5.41) is 9.91. The average Bonchev–Trinajstić information content (AvgIpc) is 3.23. The lowest BCUT2D eigenvalue weighted by Gasteiger charge is -2.35. The van der Waals surface area contributed by atoms with Crippen LogP contribution in [0.15, 0.2) is 12.4 Å².